The van der Waals surface area contributed by atoms with Crippen molar-refractivity contribution in [1.29, 1.82) is 0 Å². The van der Waals surface area contributed by atoms with Gasteiger partial charge in [0.25, 0.3) is 0 Å². The van der Waals surface area contributed by atoms with Gasteiger partial charge in [0.15, 0.2) is 28.6 Å². The molecular weight excluding hydrogens is 416 g/mol. The maximum Gasteiger partial charge on any atom is 0.310 e. The van der Waals surface area contributed by atoms with E-state index >= 15 is 0 Å². The van der Waals surface area contributed by atoms with E-state index in [9.17, 15) is 4.79 Å². The van der Waals surface area contributed by atoms with Gasteiger partial charge in [-0.1, -0.05) is 13.8 Å². The maximum atomic E-state index is 12.8. The molecule has 2 atom stereocenters. The molecule has 0 amide bonds. The van der Waals surface area contributed by atoms with Crippen molar-refractivity contribution in [3.63, 3.8) is 0 Å². The minimum atomic E-state index is -1.16. The number of hydrogen-bond acceptors (Lipinski definition) is 8. The molecule has 1 fully saturated rings. The number of cyclic esters (lactones) is 1. The Labute approximate surface area is 188 Å². The Balaban J connectivity index is 2.39. The molecule has 0 N–H and O–H groups in total. The second kappa shape index (κ2) is 9.06. The molecule has 3 rings (SSSR count). The van der Waals surface area contributed by atoms with Crippen LogP contribution in [0.1, 0.15) is 25.0 Å². The zero-order valence-corrected chi connectivity index (χ0v) is 19.7. The van der Waals surface area contributed by atoms with E-state index < -0.39 is 5.60 Å². The Kier molecular flexibility index (Phi) is 6.62. The van der Waals surface area contributed by atoms with Gasteiger partial charge in [-0.2, -0.15) is 0 Å². The van der Waals surface area contributed by atoms with E-state index in [4.69, 9.17) is 33.2 Å². The highest BCUT2D eigenvalue weighted by Gasteiger charge is 2.55. The van der Waals surface area contributed by atoms with Gasteiger partial charge in [-0.25, -0.2) is 0 Å². The Morgan fingerprint density at radius 3 is 1.22 bits per heavy atom. The van der Waals surface area contributed by atoms with E-state index in [0.29, 0.717) is 45.6 Å². The van der Waals surface area contributed by atoms with Gasteiger partial charge >= 0.3 is 5.97 Å². The van der Waals surface area contributed by atoms with Crippen LogP contribution in [-0.2, 0) is 15.1 Å². The molecule has 0 spiro atoms. The number of hydrogen-bond donors (Lipinski definition) is 0. The number of methoxy groups -OCH3 is 6. The zero-order chi connectivity index (χ0) is 23.6. The summed E-state index contributed by atoms with van der Waals surface area (Å²) in [5, 5.41) is 0. The van der Waals surface area contributed by atoms with E-state index in [0.717, 1.165) is 0 Å². The Morgan fingerprint density at radius 1 is 0.656 bits per heavy atom. The third kappa shape index (κ3) is 3.43. The first-order chi connectivity index (χ1) is 15.3. The van der Waals surface area contributed by atoms with Crippen LogP contribution in [0.3, 0.4) is 0 Å². The van der Waals surface area contributed by atoms with Crippen LogP contribution in [0, 0.1) is 11.8 Å². The van der Waals surface area contributed by atoms with Gasteiger partial charge in [-0.15, -0.1) is 0 Å². The van der Waals surface area contributed by atoms with E-state index in [-0.39, 0.29) is 17.8 Å². The van der Waals surface area contributed by atoms with Crippen LogP contribution >= 0.6 is 0 Å². The summed E-state index contributed by atoms with van der Waals surface area (Å²) in [4.78, 5) is 12.8. The molecule has 2 aromatic rings. The second-order valence-electron chi connectivity index (χ2n) is 7.56. The van der Waals surface area contributed by atoms with Crippen LogP contribution in [0.25, 0.3) is 0 Å². The zero-order valence-electron chi connectivity index (χ0n) is 19.7. The van der Waals surface area contributed by atoms with Crippen molar-refractivity contribution in [2.75, 3.05) is 42.7 Å². The second-order valence-corrected chi connectivity index (χ2v) is 7.56. The van der Waals surface area contributed by atoms with Gasteiger partial charge in [0.05, 0.1) is 48.6 Å². The van der Waals surface area contributed by atoms with E-state index in [1.165, 1.54) is 14.2 Å². The van der Waals surface area contributed by atoms with Crippen molar-refractivity contribution in [3.05, 3.63) is 35.4 Å². The largest absolute Gasteiger partial charge is 0.493 e. The van der Waals surface area contributed by atoms with Crippen LogP contribution in [0.15, 0.2) is 24.3 Å². The number of carbonyl (C=O) groups excluding carboxylic acids is 1. The highest BCUT2D eigenvalue weighted by Crippen LogP contribution is 2.54. The molecular formula is C24H30O8. The number of esters is 1. The molecule has 0 saturated carbocycles. The SMILES string of the molecule is COc1cc(C2(c3cc(OC)c(OC)c(OC)c3)OC(=O)C(C)C2C)cc(OC)c1OC. The molecule has 2 aromatic carbocycles. The fourth-order valence-electron chi connectivity index (χ4n) is 4.30. The molecule has 0 radical (unpaired) electrons. The summed E-state index contributed by atoms with van der Waals surface area (Å²) in [5.41, 5.74) is 0.189. The maximum absolute atomic E-state index is 12.8. The van der Waals surface area contributed by atoms with Crippen molar-refractivity contribution < 1.29 is 38.0 Å². The molecule has 32 heavy (non-hydrogen) atoms. The van der Waals surface area contributed by atoms with Crippen molar-refractivity contribution in [1.82, 2.24) is 0 Å². The van der Waals surface area contributed by atoms with Crippen molar-refractivity contribution >= 4 is 5.97 Å². The van der Waals surface area contributed by atoms with E-state index in [1.54, 1.807) is 52.7 Å². The highest BCUT2D eigenvalue weighted by atomic mass is 16.6. The summed E-state index contributed by atoms with van der Waals surface area (Å²) >= 11 is 0. The predicted octanol–water partition coefficient (Wildman–Crippen LogP) is 3.81. The van der Waals surface area contributed by atoms with Crippen LogP contribution in [0.2, 0.25) is 0 Å². The lowest BCUT2D eigenvalue weighted by Gasteiger charge is -2.35. The molecule has 0 aliphatic carbocycles. The fourth-order valence-corrected chi connectivity index (χ4v) is 4.30. The van der Waals surface area contributed by atoms with Gasteiger partial charge < -0.3 is 33.2 Å². The van der Waals surface area contributed by atoms with Crippen LogP contribution < -0.4 is 28.4 Å². The Morgan fingerprint density at radius 2 is 1.00 bits per heavy atom. The molecule has 0 aromatic heterocycles. The molecule has 1 heterocycles. The van der Waals surface area contributed by atoms with Gasteiger partial charge in [-0.05, 0) is 24.3 Å². The molecule has 1 saturated heterocycles. The topological polar surface area (TPSA) is 81.7 Å². The molecule has 8 heteroatoms. The first-order valence-corrected chi connectivity index (χ1v) is 10.2. The molecule has 8 nitrogen and oxygen atoms in total. The lowest BCUT2D eigenvalue weighted by Crippen LogP contribution is -2.34. The average Bonchev–Trinajstić information content (AvgIpc) is 3.06. The third-order valence-electron chi connectivity index (χ3n) is 6.21. The number of benzene rings is 2. The summed E-state index contributed by atoms with van der Waals surface area (Å²) in [7, 11) is 9.24. The van der Waals surface area contributed by atoms with Gasteiger partial charge in [0.2, 0.25) is 11.5 Å². The first kappa shape index (κ1) is 23.4. The minimum Gasteiger partial charge on any atom is -0.493 e. The van der Waals surface area contributed by atoms with Crippen molar-refractivity contribution in [2.24, 2.45) is 11.8 Å². The fraction of sp³-hybridized carbons (Fsp3) is 0.458. The normalized spacial score (nSPS) is 19.2. The number of carbonyl (C=O) groups is 1. The summed E-state index contributed by atoms with van der Waals surface area (Å²) in [6, 6.07) is 7.19. The minimum absolute atomic E-state index is 0.236. The lowest BCUT2D eigenvalue weighted by molar-refractivity contribution is -0.148. The molecule has 0 bridgehead atoms. The molecule has 1 aliphatic rings. The third-order valence-corrected chi connectivity index (χ3v) is 6.21. The molecule has 174 valence electrons. The standard InChI is InChI=1S/C24H30O8/c1-13-14(2)24(32-23(13)25,15-9-17(26-3)21(30-7)18(10-15)27-4)16-11-19(28-5)22(31-8)20(12-16)29-6/h9-14H,1-8H3. The summed E-state index contributed by atoms with van der Waals surface area (Å²) in [6.07, 6.45) is 0. The van der Waals surface area contributed by atoms with Crippen LogP contribution in [-0.4, -0.2) is 48.6 Å². The van der Waals surface area contributed by atoms with Gasteiger partial charge in [0.1, 0.15) is 0 Å². The highest BCUT2D eigenvalue weighted by molar-refractivity contribution is 5.78. The number of rotatable bonds is 8. The van der Waals surface area contributed by atoms with Crippen LogP contribution in [0.5, 0.6) is 34.5 Å². The van der Waals surface area contributed by atoms with E-state index in [2.05, 4.69) is 0 Å². The summed E-state index contributed by atoms with van der Waals surface area (Å²) in [6.45, 7) is 3.83. The number of ether oxygens (including phenoxy) is 7. The van der Waals surface area contributed by atoms with Crippen molar-refractivity contribution in [3.8, 4) is 34.5 Å². The van der Waals surface area contributed by atoms with E-state index in [1.807, 2.05) is 13.8 Å². The Bertz CT molecular complexity index is 886. The molecule has 1 aliphatic heterocycles. The van der Waals surface area contributed by atoms with Crippen molar-refractivity contribution in [2.45, 2.75) is 19.4 Å². The molecule has 2 unspecified atom stereocenters. The average molecular weight is 446 g/mol. The lowest BCUT2D eigenvalue weighted by atomic mass is 9.73. The van der Waals surface area contributed by atoms with Gasteiger partial charge in [0, 0.05) is 17.0 Å². The monoisotopic (exact) mass is 446 g/mol. The predicted molar refractivity (Wildman–Crippen MR) is 117 cm³/mol. The first-order valence-electron chi connectivity index (χ1n) is 10.2. The van der Waals surface area contributed by atoms with Crippen LogP contribution in [0.4, 0.5) is 0 Å². The summed E-state index contributed by atoms with van der Waals surface area (Å²) < 4.78 is 39.3. The summed E-state index contributed by atoms with van der Waals surface area (Å²) in [5.74, 6) is 1.82. The quantitative estimate of drug-likeness (QED) is 0.566. The van der Waals surface area contributed by atoms with Gasteiger partial charge in [-0.3, -0.25) is 4.79 Å². The smallest absolute Gasteiger partial charge is 0.310 e. The Hall–Kier alpha value is -3.29.